The normalized spacial score (nSPS) is 14.3. The number of hydrogen-bond acceptors (Lipinski definition) is 6. The number of rotatable bonds is 8. The topological polar surface area (TPSA) is 98.4 Å². The summed E-state index contributed by atoms with van der Waals surface area (Å²) in [7, 11) is 6.29. The van der Waals surface area contributed by atoms with Gasteiger partial charge >= 0.3 is 6.03 Å². The first-order valence-electron chi connectivity index (χ1n) is 11.9. The molecule has 9 nitrogen and oxygen atoms in total. The van der Waals surface area contributed by atoms with Crippen LogP contribution >= 0.6 is 0 Å². The van der Waals surface area contributed by atoms with E-state index in [2.05, 4.69) is 10.6 Å². The number of urea groups is 1. The number of carbonyl (C=O) groups is 2. The molecule has 0 aromatic heterocycles. The van der Waals surface area contributed by atoms with Crippen molar-refractivity contribution in [3.63, 3.8) is 0 Å². The molecule has 1 aliphatic rings. The number of carbonyl (C=O) groups excluding carboxylic acids is 2. The predicted octanol–water partition coefficient (Wildman–Crippen LogP) is 4.28. The number of methoxy groups -OCH3 is 4. The summed E-state index contributed by atoms with van der Waals surface area (Å²) < 4.78 is 21.6. The maximum absolute atomic E-state index is 13.5. The monoisotopic (exact) mass is 505 g/mol. The zero-order valence-electron chi connectivity index (χ0n) is 21.4. The summed E-state index contributed by atoms with van der Waals surface area (Å²) in [6.45, 7) is 0.652. The van der Waals surface area contributed by atoms with Gasteiger partial charge < -0.3 is 34.5 Å². The molecule has 9 heteroatoms. The average molecular weight is 506 g/mol. The van der Waals surface area contributed by atoms with E-state index in [9.17, 15) is 9.59 Å². The number of hydrogen-bond donors (Lipinski definition) is 2. The lowest BCUT2D eigenvalue weighted by molar-refractivity contribution is 0.0936. The number of fused-ring (bicyclic) bond motifs is 1. The molecule has 0 aliphatic carbocycles. The first-order valence-corrected chi connectivity index (χ1v) is 11.9. The van der Waals surface area contributed by atoms with Crippen LogP contribution in [-0.4, -0.2) is 58.4 Å². The van der Waals surface area contributed by atoms with Crippen molar-refractivity contribution in [1.29, 1.82) is 0 Å². The Hall–Kier alpha value is -4.40. The highest BCUT2D eigenvalue weighted by Crippen LogP contribution is 2.38. The van der Waals surface area contributed by atoms with Crippen LogP contribution in [0.4, 0.5) is 10.5 Å². The van der Waals surface area contributed by atoms with Gasteiger partial charge in [0.05, 0.1) is 40.2 Å². The molecular formula is C28H31N3O6. The van der Waals surface area contributed by atoms with E-state index in [0.29, 0.717) is 47.2 Å². The quantitative estimate of drug-likeness (QED) is 0.474. The van der Waals surface area contributed by atoms with E-state index in [1.54, 1.807) is 69.7 Å². The number of ether oxygens (including phenoxy) is 4. The number of nitrogens with zero attached hydrogens (tertiary/aromatic N) is 1. The number of para-hydroxylation sites is 2. The van der Waals surface area contributed by atoms with E-state index in [-0.39, 0.29) is 18.5 Å². The number of anilines is 1. The van der Waals surface area contributed by atoms with Crippen LogP contribution in [0, 0.1) is 0 Å². The minimum absolute atomic E-state index is 0.201. The highest BCUT2D eigenvalue weighted by atomic mass is 16.5. The van der Waals surface area contributed by atoms with Crippen molar-refractivity contribution in [2.24, 2.45) is 0 Å². The second kappa shape index (κ2) is 11.6. The van der Waals surface area contributed by atoms with Crippen LogP contribution in [-0.2, 0) is 6.42 Å². The Morgan fingerprint density at radius 2 is 1.54 bits per heavy atom. The highest BCUT2D eigenvalue weighted by molar-refractivity contribution is 5.94. The van der Waals surface area contributed by atoms with Crippen molar-refractivity contribution >= 4 is 17.6 Å². The van der Waals surface area contributed by atoms with Gasteiger partial charge in [0.25, 0.3) is 5.91 Å². The second-order valence-electron chi connectivity index (χ2n) is 8.43. The second-order valence-corrected chi connectivity index (χ2v) is 8.43. The van der Waals surface area contributed by atoms with Crippen LogP contribution in [0.5, 0.6) is 23.0 Å². The summed E-state index contributed by atoms with van der Waals surface area (Å²) >= 11 is 0. The summed E-state index contributed by atoms with van der Waals surface area (Å²) in [5.41, 5.74) is 2.97. The van der Waals surface area contributed by atoms with E-state index in [4.69, 9.17) is 18.9 Å². The first kappa shape index (κ1) is 25.7. The molecule has 1 aliphatic heterocycles. The maximum Gasteiger partial charge on any atom is 0.322 e. The Morgan fingerprint density at radius 3 is 2.22 bits per heavy atom. The van der Waals surface area contributed by atoms with E-state index in [0.717, 1.165) is 11.1 Å². The van der Waals surface area contributed by atoms with E-state index in [1.807, 2.05) is 24.3 Å². The lowest BCUT2D eigenvalue weighted by Crippen LogP contribution is -2.47. The van der Waals surface area contributed by atoms with Gasteiger partial charge in [-0.05, 0) is 66.1 Å². The fourth-order valence-electron chi connectivity index (χ4n) is 4.46. The van der Waals surface area contributed by atoms with Gasteiger partial charge in [0.2, 0.25) is 0 Å². The maximum atomic E-state index is 13.5. The van der Waals surface area contributed by atoms with E-state index >= 15 is 0 Å². The van der Waals surface area contributed by atoms with E-state index < -0.39 is 6.04 Å². The van der Waals surface area contributed by atoms with Crippen molar-refractivity contribution in [3.05, 3.63) is 77.4 Å². The minimum Gasteiger partial charge on any atom is -0.497 e. The molecule has 0 unspecified atom stereocenters. The van der Waals surface area contributed by atoms with Crippen LogP contribution in [0.2, 0.25) is 0 Å². The van der Waals surface area contributed by atoms with E-state index in [1.165, 1.54) is 0 Å². The molecule has 3 aromatic rings. The summed E-state index contributed by atoms with van der Waals surface area (Å²) in [5, 5.41) is 5.94. The van der Waals surface area contributed by atoms with Crippen LogP contribution in [0.1, 0.15) is 27.5 Å². The largest absolute Gasteiger partial charge is 0.497 e. The highest BCUT2D eigenvalue weighted by Gasteiger charge is 2.33. The van der Waals surface area contributed by atoms with Crippen LogP contribution < -0.4 is 29.6 Å². The van der Waals surface area contributed by atoms with Crippen LogP contribution in [0.15, 0.2) is 60.7 Å². The molecule has 3 aromatic carbocycles. The molecule has 1 heterocycles. The standard InChI is InChI=1S/C28H31N3O6/c1-34-20-11-9-18(10-12-20)27(32)29-17-23-21-16-26(37-4)25(36-3)15-19(21)13-14-31(23)28(33)30-22-7-5-6-8-24(22)35-2/h5-12,15-16,23H,13-14,17H2,1-4H3,(H,29,32)(H,30,33)/t23-/m0/s1. The van der Waals surface area contributed by atoms with Crippen molar-refractivity contribution in [2.75, 3.05) is 46.8 Å². The molecule has 4 rings (SSSR count). The Kier molecular flexibility index (Phi) is 8.02. The molecule has 3 amide bonds. The molecule has 1 atom stereocenters. The molecule has 0 spiro atoms. The van der Waals surface area contributed by atoms with Gasteiger partial charge in [0.1, 0.15) is 11.5 Å². The van der Waals surface area contributed by atoms with Gasteiger partial charge in [-0.2, -0.15) is 0 Å². The van der Waals surface area contributed by atoms with Gasteiger partial charge in [-0.15, -0.1) is 0 Å². The SMILES string of the molecule is COc1ccc(C(=O)NC[C@H]2c3cc(OC)c(OC)cc3CCN2C(=O)Nc2ccccc2OC)cc1. The van der Waals surface area contributed by atoms with Gasteiger partial charge in [0.15, 0.2) is 11.5 Å². The zero-order valence-corrected chi connectivity index (χ0v) is 21.4. The molecule has 0 saturated carbocycles. The summed E-state index contributed by atoms with van der Waals surface area (Å²) in [5.74, 6) is 2.15. The zero-order chi connectivity index (χ0) is 26.4. The third-order valence-corrected chi connectivity index (χ3v) is 6.42. The summed E-state index contributed by atoms with van der Waals surface area (Å²) in [4.78, 5) is 28.2. The summed E-state index contributed by atoms with van der Waals surface area (Å²) in [6.07, 6.45) is 0.623. The first-order chi connectivity index (χ1) is 18.0. The Labute approximate surface area is 216 Å². The summed E-state index contributed by atoms with van der Waals surface area (Å²) in [6, 6.07) is 17.2. The van der Waals surface area contributed by atoms with Gasteiger partial charge in [0, 0.05) is 18.7 Å². The van der Waals surface area contributed by atoms with Crippen molar-refractivity contribution in [2.45, 2.75) is 12.5 Å². The predicted molar refractivity (Wildman–Crippen MR) is 140 cm³/mol. The average Bonchev–Trinajstić information content (AvgIpc) is 2.94. The molecule has 0 bridgehead atoms. The molecular weight excluding hydrogens is 474 g/mol. The molecule has 0 fully saturated rings. The lowest BCUT2D eigenvalue weighted by atomic mass is 9.91. The minimum atomic E-state index is -0.444. The molecule has 2 N–H and O–H groups in total. The van der Waals surface area contributed by atoms with Crippen LogP contribution in [0.3, 0.4) is 0 Å². The lowest BCUT2D eigenvalue weighted by Gasteiger charge is -2.38. The molecule has 0 radical (unpaired) electrons. The van der Waals surface area contributed by atoms with Gasteiger partial charge in [-0.3, -0.25) is 4.79 Å². The number of amides is 3. The Bertz CT molecular complexity index is 1260. The molecule has 194 valence electrons. The third kappa shape index (κ3) is 5.55. The van der Waals surface area contributed by atoms with Crippen molar-refractivity contribution < 1.29 is 28.5 Å². The fourth-order valence-corrected chi connectivity index (χ4v) is 4.46. The number of benzene rings is 3. The van der Waals surface area contributed by atoms with Gasteiger partial charge in [-0.25, -0.2) is 4.79 Å². The van der Waals surface area contributed by atoms with Crippen molar-refractivity contribution in [3.8, 4) is 23.0 Å². The van der Waals surface area contributed by atoms with Gasteiger partial charge in [-0.1, -0.05) is 12.1 Å². The number of nitrogens with one attached hydrogen (secondary N) is 2. The Balaban J connectivity index is 1.62. The molecule has 0 saturated heterocycles. The molecule has 37 heavy (non-hydrogen) atoms. The Morgan fingerprint density at radius 1 is 0.865 bits per heavy atom. The smallest absolute Gasteiger partial charge is 0.322 e. The van der Waals surface area contributed by atoms with Crippen LogP contribution in [0.25, 0.3) is 0 Å². The van der Waals surface area contributed by atoms with Crippen molar-refractivity contribution in [1.82, 2.24) is 10.2 Å². The third-order valence-electron chi connectivity index (χ3n) is 6.42. The fraction of sp³-hybridized carbons (Fsp3) is 0.286.